The van der Waals surface area contributed by atoms with Gasteiger partial charge in [0.25, 0.3) is 0 Å². The van der Waals surface area contributed by atoms with Crippen LogP contribution >= 0.6 is 11.6 Å². The number of hydrogen-bond acceptors (Lipinski definition) is 5. The Bertz CT molecular complexity index is 616. The number of hydrogen-bond donors (Lipinski definition) is 2. The van der Waals surface area contributed by atoms with Gasteiger partial charge in [0, 0.05) is 12.7 Å². The third kappa shape index (κ3) is 5.07. The lowest BCUT2D eigenvalue weighted by Crippen LogP contribution is -2.20. The predicted molar refractivity (Wildman–Crippen MR) is 78.9 cm³/mol. The topological polar surface area (TPSA) is 102 Å². The lowest BCUT2D eigenvalue weighted by atomic mass is 10.2. The van der Waals surface area contributed by atoms with Crippen LogP contribution in [0.2, 0.25) is 5.02 Å². The molecule has 0 saturated carbocycles. The van der Waals surface area contributed by atoms with E-state index in [1.165, 1.54) is 13.2 Å². The molecule has 21 heavy (non-hydrogen) atoms. The molecule has 0 amide bonds. The summed E-state index contributed by atoms with van der Waals surface area (Å²) in [7, 11) is -2.37. The molecule has 0 aliphatic heterocycles. The number of sulfonamides is 1. The lowest BCUT2D eigenvalue weighted by molar-refractivity contribution is 0.0693. The third-order valence-corrected chi connectivity index (χ3v) is 4.03. The van der Waals surface area contributed by atoms with Gasteiger partial charge in [0.1, 0.15) is 11.3 Å². The van der Waals surface area contributed by atoms with Crippen LogP contribution < -0.4 is 9.46 Å². The SMILES string of the molecule is CCOCCS(=O)(=O)Nc1cc(OC)c(C(=O)O)cc1Cl. The summed E-state index contributed by atoms with van der Waals surface area (Å²) < 4.78 is 35.8. The van der Waals surface area contributed by atoms with Gasteiger partial charge in [-0.1, -0.05) is 11.6 Å². The average molecular weight is 338 g/mol. The zero-order chi connectivity index (χ0) is 16.0. The number of aromatic carboxylic acids is 1. The fourth-order valence-electron chi connectivity index (χ4n) is 1.50. The molecule has 0 atom stereocenters. The Balaban J connectivity index is 3.01. The van der Waals surface area contributed by atoms with Crippen LogP contribution in [-0.4, -0.2) is 45.6 Å². The number of halogens is 1. The summed E-state index contributed by atoms with van der Waals surface area (Å²) in [5.74, 6) is -1.45. The first-order valence-corrected chi connectivity index (χ1v) is 8.02. The fraction of sp³-hybridized carbons (Fsp3) is 0.417. The van der Waals surface area contributed by atoms with Crippen LogP contribution in [-0.2, 0) is 14.8 Å². The van der Waals surface area contributed by atoms with Gasteiger partial charge < -0.3 is 14.6 Å². The highest BCUT2D eigenvalue weighted by Gasteiger charge is 2.18. The molecule has 2 N–H and O–H groups in total. The summed E-state index contributed by atoms with van der Waals surface area (Å²) in [4.78, 5) is 11.0. The second-order valence-corrected chi connectivity index (χ2v) is 6.20. The Morgan fingerprint density at radius 2 is 2.10 bits per heavy atom. The molecule has 0 aliphatic carbocycles. The molecule has 0 saturated heterocycles. The summed E-state index contributed by atoms with van der Waals surface area (Å²) >= 11 is 5.89. The summed E-state index contributed by atoms with van der Waals surface area (Å²) in [6.07, 6.45) is 0. The van der Waals surface area contributed by atoms with E-state index in [0.29, 0.717) is 6.61 Å². The van der Waals surface area contributed by atoms with Crippen molar-refractivity contribution in [2.45, 2.75) is 6.92 Å². The second kappa shape index (κ2) is 7.48. The van der Waals surface area contributed by atoms with Crippen molar-refractivity contribution >= 4 is 33.3 Å². The molecule has 0 unspecified atom stereocenters. The minimum absolute atomic E-state index is 0.00871. The number of rotatable bonds is 8. The largest absolute Gasteiger partial charge is 0.496 e. The van der Waals surface area contributed by atoms with Gasteiger partial charge in [-0.25, -0.2) is 13.2 Å². The summed E-state index contributed by atoms with van der Waals surface area (Å²) in [6, 6.07) is 2.35. The number of ether oxygens (including phenoxy) is 2. The lowest BCUT2D eigenvalue weighted by Gasteiger charge is -2.12. The molecule has 118 valence electrons. The van der Waals surface area contributed by atoms with Gasteiger partial charge in [0.2, 0.25) is 10.0 Å². The van der Waals surface area contributed by atoms with Crippen LogP contribution in [0.4, 0.5) is 5.69 Å². The number of nitrogens with one attached hydrogen (secondary N) is 1. The van der Waals surface area contributed by atoms with Gasteiger partial charge in [-0.15, -0.1) is 0 Å². The average Bonchev–Trinajstić information content (AvgIpc) is 2.40. The van der Waals surface area contributed by atoms with E-state index in [-0.39, 0.29) is 34.4 Å². The summed E-state index contributed by atoms with van der Waals surface area (Å²) in [5.41, 5.74) is -0.102. The van der Waals surface area contributed by atoms with Crippen LogP contribution in [0.25, 0.3) is 0 Å². The molecule has 0 aliphatic rings. The number of carbonyl (C=O) groups is 1. The minimum Gasteiger partial charge on any atom is -0.496 e. The van der Waals surface area contributed by atoms with Crippen molar-refractivity contribution in [2.24, 2.45) is 0 Å². The predicted octanol–water partition coefficient (Wildman–Crippen LogP) is 1.82. The van der Waals surface area contributed by atoms with E-state index in [1.807, 2.05) is 0 Å². The van der Waals surface area contributed by atoms with Crippen molar-refractivity contribution in [2.75, 3.05) is 30.8 Å². The first-order chi connectivity index (χ1) is 9.80. The zero-order valence-electron chi connectivity index (χ0n) is 11.6. The Labute approximate surface area is 127 Å². The van der Waals surface area contributed by atoms with E-state index in [2.05, 4.69) is 4.72 Å². The number of carboxylic acids is 1. The fourth-order valence-corrected chi connectivity index (χ4v) is 2.71. The highest BCUT2D eigenvalue weighted by Crippen LogP contribution is 2.31. The third-order valence-electron chi connectivity index (χ3n) is 2.49. The van der Waals surface area contributed by atoms with Gasteiger partial charge in [0.05, 0.1) is 30.2 Å². The van der Waals surface area contributed by atoms with E-state index in [4.69, 9.17) is 26.2 Å². The van der Waals surface area contributed by atoms with Crippen LogP contribution in [0.5, 0.6) is 5.75 Å². The van der Waals surface area contributed by atoms with E-state index in [9.17, 15) is 13.2 Å². The molecule has 0 fully saturated rings. The minimum atomic E-state index is -3.65. The quantitative estimate of drug-likeness (QED) is 0.702. The molecular weight excluding hydrogens is 322 g/mol. The van der Waals surface area contributed by atoms with E-state index >= 15 is 0 Å². The molecule has 9 heteroatoms. The van der Waals surface area contributed by atoms with Crippen molar-refractivity contribution in [3.05, 3.63) is 22.7 Å². The highest BCUT2D eigenvalue weighted by molar-refractivity contribution is 7.92. The molecule has 0 bridgehead atoms. The standard InChI is InChI=1S/C12H16ClNO6S/c1-3-20-4-5-21(17,18)14-10-7-11(19-2)8(12(15)16)6-9(10)13/h6-7,14H,3-5H2,1-2H3,(H,15,16). The first-order valence-electron chi connectivity index (χ1n) is 5.99. The molecule has 0 aromatic heterocycles. The van der Waals surface area contributed by atoms with Crippen molar-refractivity contribution in [1.82, 2.24) is 0 Å². The smallest absolute Gasteiger partial charge is 0.339 e. The molecular formula is C12H16ClNO6S. The van der Waals surface area contributed by atoms with Crippen molar-refractivity contribution in [3.8, 4) is 5.75 Å². The Morgan fingerprint density at radius 3 is 2.62 bits per heavy atom. The highest BCUT2D eigenvalue weighted by atomic mass is 35.5. The maximum absolute atomic E-state index is 11.8. The summed E-state index contributed by atoms with van der Waals surface area (Å²) in [5, 5.41) is 8.96. The van der Waals surface area contributed by atoms with E-state index in [1.54, 1.807) is 6.92 Å². The molecule has 0 spiro atoms. The van der Waals surface area contributed by atoms with Gasteiger partial charge in [-0.05, 0) is 13.0 Å². The number of carboxylic acid groups (broad SMARTS) is 1. The Kier molecular flexibility index (Phi) is 6.25. The van der Waals surface area contributed by atoms with Gasteiger partial charge in [-0.2, -0.15) is 0 Å². The van der Waals surface area contributed by atoms with Crippen LogP contribution in [0.1, 0.15) is 17.3 Å². The van der Waals surface area contributed by atoms with Gasteiger partial charge >= 0.3 is 5.97 Å². The van der Waals surface area contributed by atoms with Crippen LogP contribution in [0.15, 0.2) is 12.1 Å². The number of anilines is 1. The zero-order valence-corrected chi connectivity index (χ0v) is 13.1. The molecule has 1 rings (SSSR count). The van der Waals surface area contributed by atoms with Crippen molar-refractivity contribution < 1.29 is 27.8 Å². The molecule has 1 aromatic rings. The second-order valence-electron chi connectivity index (χ2n) is 3.96. The first kappa shape index (κ1) is 17.5. The maximum atomic E-state index is 11.8. The van der Waals surface area contributed by atoms with Crippen molar-refractivity contribution in [1.29, 1.82) is 0 Å². The van der Waals surface area contributed by atoms with E-state index < -0.39 is 16.0 Å². The summed E-state index contributed by atoms with van der Waals surface area (Å²) in [6.45, 7) is 2.22. The van der Waals surface area contributed by atoms with E-state index in [0.717, 1.165) is 6.07 Å². The van der Waals surface area contributed by atoms with Crippen LogP contribution in [0, 0.1) is 0 Å². The number of benzene rings is 1. The molecule has 7 nitrogen and oxygen atoms in total. The Morgan fingerprint density at radius 1 is 1.43 bits per heavy atom. The Hall–Kier alpha value is -1.51. The normalized spacial score (nSPS) is 11.2. The molecule has 0 heterocycles. The van der Waals surface area contributed by atoms with Gasteiger partial charge in [0.15, 0.2) is 0 Å². The molecule has 1 aromatic carbocycles. The van der Waals surface area contributed by atoms with Gasteiger partial charge in [-0.3, -0.25) is 4.72 Å². The maximum Gasteiger partial charge on any atom is 0.339 e. The van der Waals surface area contributed by atoms with Crippen LogP contribution in [0.3, 0.4) is 0 Å². The monoisotopic (exact) mass is 337 g/mol. The number of methoxy groups -OCH3 is 1. The molecule has 0 radical (unpaired) electrons. The van der Waals surface area contributed by atoms with Crippen molar-refractivity contribution in [3.63, 3.8) is 0 Å².